The molecule has 0 bridgehead atoms. The molecule has 23 heavy (non-hydrogen) atoms. The molecule has 0 aromatic heterocycles. The van der Waals surface area contributed by atoms with Gasteiger partial charge in [-0.1, -0.05) is 25.5 Å². The van der Waals surface area contributed by atoms with E-state index in [1.54, 1.807) is 12.1 Å². The Bertz CT molecular complexity index is 495. The first-order chi connectivity index (χ1) is 11.1. The van der Waals surface area contributed by atoms with Crippen LogP contribution in [0.3, 0.4) is 0 Å². The van der Waals surface area contributed by atoms with Gasteiger partial charge in [0.05, 0.1) is 0 Å². The van der Waals surface area contributed by atoms with Crippen molar-refractivity contribution in [1.82, 2.24) is 5.32 Å². The summed E-state index contributed by atoms with van der Waals surface area (Å²) in [4.78, 5) is 23.1. The second-order valence-electron chi connectivity index (χ2n) is 5.00. The van der Waals surface area contributed by atoms with E-state index in [1.807, 2.05) is 42.1 Å². The maximum absolute atomic E-state index is 11.6. The number of nitrogens with one attached hydrogen (secondary N) is 1. The van der Waals surface area contributed by atoms with Gasteiger partial charge in [0, 0.05) is 19.4 Å². The van der Waals surface area contributed by atoms with Gasteiger partial charge in [0.2, 0.25) is 5.91 Å². The summed E-state index contributed by atoms with van der Waals surface area (Å²) in [6, 6.07) is 7.13. The van der Waals surface area contributed by atoms with E-state index in [9.17, 15) is 9.59 Å². The van der Waals surface area contributed by atoms with E-state index in [0.29, 0.717) is 30.9 Å². The number of thiol groups is 1. The van der Waals surface area contributed by atoms with Gasteiger partial charge >= 0.3 is 5.97 Å². The number of hydrogen-bond acceptors (Lipinski definition) is 5. The predicted molar refractivity (Wildman–Crippen MR) is 101 cm³/mol. The Morgan fingerprint density at radius 1 is 1.26 bits per heavy atom. The molecule has 0 radical (unpaired) electrons. The molecule has 0 aliphatic carbocycles. The average Bonchev–Trinajstić information content (AvgIpc) is 2.55. The number of carbonyl (C=O) groups is 2. The minimum atomic E-state index is -0.260. The number of rotatable bonds is 10. The van der Waals surface area contributed by atoms with Gasteiger partial charge in [-0.15, -0.1) is 0 Å². The molecular formula is C16H22INO4S. The van der Waals surface area contributed by atoms with Crippen LogP contribution in [-0.2, 0) is 12.7 Å². The standard InChI is InChI=1S/C16H22INO4S/c1-2-3-4-16(20)21-13-7-5-12(6-8-13)14(22-17)11-18-15(19)9-10-23/h5-8,14,23H,2-4,9-11H2,1H3,(H,18,19). The first kappa shape index (κ1) is 20.2. The maximum Gasteiger partial charge on any atom is 0.311 e. The van der Waals surface area contributed by atoms with Crippen LogP contribution in [0.5, 0.6) is 5.75 Å². The summed E-state index contributed by atoms with van der Waals surface area (Å²) in [5, 5.41) is 2.80. The molecule has 7 heteroatoms. The number of esters is 1. The van der Waals surface area contributed by atoms with Crippen molar-refractivity contribution < 1.29 is 17.4 Å². The minimum absolute atomic E-state index is 0.0556. The number of carbonyl (C=O) groups excluding carboxylic acids is 2. The molecule has 0 saturated carbocycles. The molecule has 1 N–H and O–H groups in total. The van der Waals surface area contributed by atoms with Crippen LogP contribution in [0.25, 0.3) is 0 Å². The second-order valence-corrected chi connectivity index (χ2v) is 5.96. The summed E-state index contributed by atoms with van der Waals surface area (Å²) in [5.41, 5.74) is 0.902. The first-order valence-electron chi connectivity index (χ1n) is 7.56. The van der Waals surface area contributed by atoms with Crippen molar-refractivity contribution >= 4 is 47.5 Å². The fourth-order valence-corrected chi connectivity index (χ4v) is 2.53. The van der Waals surface area contributed by atoms with E-state index in [-0.39, 0.29) is 18.0 Å². The van der Waals surface area contributed by atoms with E-state index < -0.39 is 0 Å². The molecule has 0 spiro atoms. The molecular weight excluding hydrogens is 429 g/mol. The normalized spacial score (nSPS) is 11.8. The van der Waals surface area contributed by atoms with Crippen molar-refractivity contribution in [3.05, 3.63) is 29.8 Å². The van der Waals surface area contributed by atoms with E-state index in [2.05, 4.69) is 17.9 Å². The molecule has 0 aliphatic heterocycles. The fourth-order valence-electron chi connectivity index (χ4n) is 1.85. The number of ether oxygens (including phenoxy) is 1. The molecule has 128 valence electrons. The minimum Gasteiger partial charge on any atom is -0.427 e. The number of unbranched alkanes of at least 4 members (excludes halogenated alkanes) is 1. The fraction of sp³-hybridized carbons (Fsp3) is 0.500. The summed E-state index contributed by atoms with van der Waals surface area (Å²) in [6.45, 7) is 2.41. The molecule has 1 amide bonds. The van der Waals surface area contributed by atoms with Crippen molar-refractivity contribution in [2.45, 2.75) is 38.7 Å². The lowest BCUT2D eigenvalue weighted by molar-refractivity contribution is -0.134. The lowest BCUT2D eigenvalue weighted by atomic mass is 10.1. The molecule has 5 nitrogen and oxygen atoms in total. The molecule has 1 aromatic rings. The summed E-state index contributed by atoms with van der Waals surface area (Å²) in [5.74, 6) is 0.751. The smallest absolute Gasteiger partial charge is 0.311 e. The van der Waals surface area contributed by atoms with Crippen LogP contribution < -0.4 is 10.1 Å². The SMILES string of the molecule is CCCCC(=O)Oc1ccc(C(CNC(=O)CCS)OI)cc1. The van der Waals surface area contributed by atoms with Crippen LogP contribution in [-0.4, -0.2) is 24.2 Å². The summed E-state index contributed by atoms with van der Waals surface area (Å²) in [7, 11) is 0. The van der Waals surface area contributed by atoms with E-state index >= 15 is 0 Å². The molecule has 1 atom stereocenters. The zero-order chi connectivity index (χ0) is 17.1. The zero-order valence-electron chi connectivity index (χ0n) is 13.1. The zero-order valence-corrected chi connectivity index (χ0v) is 16.1. The topological polar surface area (TPSA) is 64.6 Å². The van der Waals surface area contributed by atoms with E-state index in [0.717, 1.165) is 18.4 Å². The Balaban J connectivity index is 2.55. The van der Waals surface area contributed by atoms with Gasteiger partial charge in [0.1, 0.15) is 34.9 Å². The Labute approximate surface area is 156 Å². The van der Waals surface area contributed by atoms with Crippen LogP contribution in [0.1, 0.15) is 44.3 Å². The number of hydrogen-bond donors (Lipinski definition) is 2. The maximum atomic E-state index is 11.6. The highest BCUT2D eigenvalue weighted by atomic mass is 127. The van der Waals surface area contributed by atoms with Crippen LogP contribution >= 0.6 is 35.6 Å². The number of halogens is 1. The molecule has 1 unspecified atom stereocenters. The van der Waals surface area contributed by atoms with Gasteiger partial charge in [0.15, 0.2) is 0 Å². The number of amides is 1. The molecule has 1 rings (SSSR count). The Morgan fingerprint density at radius 3 is 2.52 bits per heavy atom. The van der Waals surface area contributed by atoms with E-state index in [1.165, 1.54) is 0 Å². The average molecular weight is 451 g/mol. The van der Waals surface area contributed by atoms with Crippen molar-refractivity contribution in [2.24, 2.45) is 0 Å². The van der Waals surface area contributed by atoms with E-state index in [4.69, 9.17) is 7.80 Å². The second kappa shape index (κ2) is 11.7. The lowest BCUT2D eigenvalue weighted by Gasteiger charge is -2.15. The highest BCUT2D eigenvalue weighted by Crippen LogP contribution is 2.22. The molecule has 0 heterocycles. The molecule has 1 aromatic carbocycles. The summed E-state index contributed by atoms with van der Waals surface area (Å²) in [6.07, 6.45) is 2.33. The van der Waals surface area contributed by atoms with Gasteiger partial charge in [0.25, 0.3) is 0 Å². The van der Waals surface area contributed by atoms with Gasteiger partial charge in [-0.05, 0) is 29.9 Å². The molecule has 0 aliphatic rings. The summed E-state index contributed by atoms with van der Waals surface area (Å²) >= 11 is 5.84. The van der Waals surface area contributed by atoms with Crippen molar-refractivity contribution in [3.63, 3.8) is 0 Å². The van der Waals surface area contributed by atoms with Crippen LogP contribution in [0.4, 0.5) is 0 Å². The third-order valence-corrected chi connectivity index (χ3v) is 3.99. The number of benzene rings is 1. The van der Waals surface area contributed by atoms with Gasteiger partial charge in [-0.2, -0.15) is 12.6 Å². The Hall–Kier alpha value is -0.800. The quantitative estimate of drug-likeness (QED) is 0.247. The molecule has 0 fully saturated rings. The predicted octanol–water partition coefficient (Wildman–Crippen LogP) is 3.63. The van der Waals surface area contributed by atoms with Crippen LogP contribution in [0.15, 0.2) is 24.3 Å². The molecule has 0 saturated heterocycles. The highest BCUT2D eigenvalue weighted by molar-refractivity contribution is 14.1. The lowest BCUT2D eigenvalue weighted by Crippen LogP contribution is -2.28. The van der Waals surface area contributed by atoms with Gasteiger partial charge in [-0.25, -0.2) is 0 Å². The van der Waals surface area contributed by atoms with Crippen molar-refractivity contribution in [3.8, 4) is 5.75 Å². The summed E-state index contributed by atoms with van der Waals surface area (Å²) < 4.78 is 10.6. The van der Waals surface area contributed by atoms with Crippen molar-refractivity contribution in [1.29, 1.82) is 0 Å². The van der Waals surface area contributed by atoms with Crippen molar-refractivity contribution in [2.75, 3.05) is 12.3 Å². The Morgan fingerprint density at radius 2 is 1.96 bits per heavy atom. The monoisotopic (exact) mass is 451 g/mol. The van der Waals surface area contributed by atoms with Gasteiger partial charge < -0.3 is 13.1 Å². The van der Waals surface area contributed by atoms with Crippen LogP contribution in [0, 0.1) is 0 Å². The largest absolute Gasteiger partial charge is 0.427 e. The van der Waals surface area contributed by atoms with Gasteiger partial charge in [-0.3, -0.25) is 9.59 Å². The first-order valence-corrected chi connectivity index (χ1v) is 9.07. The highest BCUT2D eigenvalue weighted by Gasteiger charge is 2.13. The Kier molecular flexibility index (Phi) is 10.3. The third-order valence-electron chi connectivity index (χ3n) is 3.15. The third kappa shape index (κ3) is 8.03. The van der Waals surface area contributed by atoms with Crippen LogP contribution in [0.2, 0.25) is 0 Å².